The Morgan fingerprint density at radius 3 is 2.73 bits per heavy atom. The predicted octanol–water partition coefficient (Wildman–Crippen LogP) is 7.89. The van der Waals surface area contributed by atoms with E-state index >= 15 is 0 Å². The van der Waals surface area contributed by atoms with E-state index in [2.05, 4.69) is 46.0 Å². The van der Waals surface area contributed by atoms with Gasteiger partial charge in [-0.1, -0.05) is 52.2 Å². The van der Waals surface area contributed by atoms with Crippen LogP contribution in [-0.4, -0.2) is 30.6 Å². The molecule has 5 heteroatoms. The van der Waals surface area contributed by atoms with Crippen LogP contribution in [0.4, 0.5) is 0 Å². The summed E-state index contributed by atoms with van der Waals surface area (Å²) in [6, 6.07) is 0. The van der Waals surface area contributed by atoms with E-state index in [9.17, 15) is 9.59 Å². The number of carbonyl (C=O) groups is 2. The average molecular weight is 554 g/mol. The molecule has 1 aliphatic heterocycles. The molecule has 0 aromatic rings. The zero-order valence-electron chi connectivity index (χ0n) is 26.2. The molecule has 0 radical (unpaired) electrons. The minimum atomic E-state index is 0.00671. The summed E-state index contributed by atoms with van der Waals surface area (Å²) in [6.45, 7) is 14.2. The third kappa shape index (κ3) is 5.52. The number of rotatable bonds is 10. The number of carbonyl (C=O) groups excluding carboxylic acids is 2. The first-order chi connectivity index (χ1) is 19.1. The summed E-state index contributed by atoms with van der Waals surface area (Å²) in [6.07, 6.45) is 16.9. The van der Waals surface area contributed by atoms with Gasteiger partial charge in [0.15, 0.2) is 0 Å². The van der Waals surface area contributed by atoms with Crippen molar-refractivity contribution in [3.8, 4) is 0 Å². The Bertz CT molecular complexity index is 1030. The lowest BCUT2D eigenvalue weighted by molar-refractivity contribution is -0.151. The Morgan fingerprint density at radius 1 is 1.18 bits per heavy atom. The second kappa shape index (κ2) is 11.8. The second-order valence-corrected chi connectivity index (χ2v) is 14.7. The molecule has 40 heavy (non-hydrogen) atoms. The zero-order valence-corrected chi connectivity index (χ0v) is 26.2. The topological polar surface area (TPSA) is 64.6 Å². The highest BCUT2D eigenvalue weighted by Gasteiger charge is 2.63. The van der Waals surface area contributed by atoms with Crippen molar-refractivity contribution in [3.05, 3.63) is 23.0 Å². The lowest BCUT2D eigenvalue weighted by atomic mass is 9.47. The third-order valence-corrected chi connectivity index (χ3v) is 12.1. The van der Waals surface area contributed by atoms with Crippen LogP contribution in [0.3, 0.4) is 0 Å². The fraction of sp³-hybridized carbons (Fsp3) is 0.829. The minimum absolute atomic E-state index is 0.00671. The summed E-state index contributed by atoms with van der Waals surface area (Å²) in [5, 5.41) is 2.96. The van der Waals surface area contributed by atoms with Gasteiger partial charge in [0.1, 0.15) is 12.2 Å². The van der Waals surface area contributed by atoms with Gasteiger partial charge in [-0.2, -0.15) is 0 Å². The number of allylic oxidation sites excluding steroid dienone is 2. The van der Waals surface area contributed by atoms with Gasteiger partial charge in [-0.25, -0.2) is 0 Å². The van der Waals surface area contributed by atoms with Gasteiger partial charge >= 0.3 is 5.97 Å². The fourth-order valence-electron chi connectivity index (χ4n) is 9.87. The number of esters is 1. The molecule has 1 N–H and O–H groups in total. The van der Waals surface area contributed by atoms with Crippen molar-refractivity contribution >= 4 is 11.9 Å². The van der Waals surface area contributed by atoms with Gasteiger partial charge in [-0.05, 0) is 98.4 Å². The van der Waals surface area contributed by atoms with Crippen LogP contribution in [0.1, 0.15) is 125 Å². The quantitative estimate of drug-likeness (QED) is 0.170. The first-order valence-corrected chi connectivity index (χ1v) is 16.6. The first kappa shape index (κ1) is 29.7. The maximum absolute atomic E-state index is 12.4. The molecule has 1 heterocycles. The number of hydrogen-bond acceptors (Lipinski definition) is 4. The smallest absolute Gasteiger partial charge is 0.306 e. The summed E-state index contributed by atoms with van der Waals surface area (Å²) in [5.74, 6) is 4.51. The molecule has 3 saturated carbocycles. The summed E-state index contributed by atoms with van der Waals surface area (Å²) in [4.78, 5) is 23.7. The van der Waals surface area contributed by atoms with E-state index < -0.39 is 0 Å². The molecule has 0 aromatic carbocycles. The molecule has 9 atom stereocenters. The van der Waals surface area contributed by atoms with Crippen LogP contribution in [-0.2, 0) is 19.1 Å². The van der Waals surface area contributed by atoms with Crippen molar-refractivity contribution in [2.45, 2.75) is 137 Å². The number of amides is 1. The van der Waals surface area contributed by atoms with Crippen LogP contribution in [0.2, 0.25) is 0 Å². The van der Waals surface area contributed by atoms with Crippen LogP contribution >= 0.6 is 0 Å². The highest BCUT2D eigenvalue weighted by atomic mass is 16.5. The van der Waals surface area contributed by atoms with Gasteiger partial charge in [0.25, 0.3) is 0 Å². The standard InChI is InChI=1S/C35H55NO4/c1-7-8-9-10-32(38)39-26-15-17-34(5)25(19-26)12-13-27-28(34)16-18-35(6)29(27)20-31-33(35)23(3)30(40-31)14-11-22(2)21-36-24(4)37/h12,22,26-29,31,33H,7-11,13-21H2,1-6H3,(H,36,37)/t22-,26-,27-,28+,29+,31+,33+,34+,35+/m1/s1. The van der Waals surface area contributed by atoms with Gasteiger partial charge in [-0.3, -0.25) is 9.59 Å². The van der Waals surface area contributed by atoms with Crippen molar-refractivity contribution in [1.82, 2.24) is 5.32 Å². The number of hydrogen-bond donors (Lipinski definition) is 1. The normalized spacial score (nSPS) is 38.8. The van der Waals surface area contributed by atoms with E-state index in [0.717, 1.165) is 75.7 Å². The van der Waals surface area contributed by atoms with Crippen molar-refractivity contribution < 1.29 is 19.1 Å². The molecule has 3 fully saturated rings. The Hall–Kier alpha value is -1.78. The number of unbranched alkanes of at least 4 members (excludes halogenated alkanes) is 2. The Labute approximate surface area is 243 Å². The largest absolute Gasteiger partial charge is 0.494 e. The van der Waals surface area contributed by atoms with E-state index in [1.807, 2.05) is 0 Å². The van der Waals surface area contributed by atoms with E-state index in [0.29, 0.717) is 29.8 Å². The Kier molecular flexibility index (Phi) is 8.79. The number of nitrogens with one attached hydrogen (secondary N) is 1. The zero-order chi connectivity index (χ0) is 28.7. The maximum atomic E-state index is 12.4. The van der Waals surface area contributed by atoms with Gasteiger partial charge in [0, 0.05) is 38.6 Å². The highest BCUT2D eigenvalue weighted by molar-refractivity contribution is 5.72. The molecule has 0 unspecified atom stereocenters. The summed E-state index contributed by atoms with van der Waals surface area (Å²) in [7, 11) is 0. The highest BCUT2D eigenvalue weighted by Crippen LogP contribution is 2.69. The molecule has 4 aliphatic carbocycles. The second-order valence-electron chi connectivity index (χ2n) is 14.7. The average Bonchev–Trinajstić information content (AvgIpc) is 3.39. The molecule has 1 amide bonds. The van der Waals surface area contributed by atoms with Crippen LogP contribution < -0.4 is 5.32 Å². The van der Waals surface area contributed by atoms with Gasteiger partial charge in [-0.15, -0.1) is 0 Å². The van der Waals surface area contributed by atoms with Crippen LogP contribution in [0.5, 0.6) is 0 Å². The molecule has 5 nitrogen and oxygen atoms in total. The molecule has 0 bridgehead atoms. The maximum Gasteiger partial charge on any atom is 0.306 e. The lowest BCUT2D eigenvalue weighted by Crippen LogP contribution is -2.50. The molecular formula is C35H55NO4. The number of fused-ring (bicyclic) bond motifs is 7. The summed E-state index contributed by atoms with van der Waals surface area (Å²) >= 11 is 0. The summed E-state index contributed by atoms with van der Waals surface area (Å²) < 4.78 is 12.7. The molecular weight excluding hydrogens is 498 g/mol. The van der Waals surface area contributed by atoms with Crippen LogP contribution in [0.15, 0.2) is 23.0 Å². The van der Waals surface area contributed by atoms with Crippen LogP contribution in [0, 0.1) is 40.4 Å². The Morgan fingerprint density at radius 2 is 1.98 bits per heavy atom. The van der Waals surface area contributed by atoms with Crippen LogP contribution in [0.25, 0.3) is 0 Å². The van der Waals surface area contributed by atoms with E-state index in [1.165, 1.54) is 37.0 Å². The van der Waals surface area contributed by atoms with Crippen molar-refractivity contribution in [1.29, 1.82) is 0 Å². The monoisotopic (exact) mass is 553 g/mol. The lowest BCUT2D eigenvalue weighted by Gasteiger charge is -2.58. The molecule has 5 aliphatic rings. The third-order valence-electron chi connectivity index (χ3n) is 12.1. The Balaban J connectivity index is 1.23. The van der Waals surface area contributed by atoms with E-state index in [-0.39, 0.29) is 23.4 Å². The number of ether oxygens (including phenoxy) is 2. The molecule has 5 rings (SSSR count). The van der Waals surface area contributed by atoms with Crippen molar-refractivity contribution in [2.24, 2.45) is 40.4 Å². The molecule has 224 valence electrons. The molecule has 0 aromatic heterocycles. The van der Waals surface area contributed by atoms with Crippen molar-refractivity contribution in [3.63, 3.8) is 0 Å². The van der Waals surface area contributed by atoms with Crippen molar-refractivity contribution in [2.75, 3.05) is 6.54 Å². The SMILES string of the molecule is CCCCCC(=O)O[C@@H]1CC[C@@]2(C)C(=CC[C@H]3[C@@H]4C[C@@H]5OC(CC[C@@H](C)CNC(C)=O)=C(C)[C@@H]5[C@@]4(C)CC[C@@H]32)C1. The fourth-order valence-corrected chi connectivity index (χ4v) is 9.87. The van der Waals surface area contributed by atoms with Gasteiger partial charge < -0.3 is 14.8 Å². The van der Waals surface area contributed by atoms with Gasteiger partial charge in [0.2, 0.25) is 5.91 Å². The summed E-state index contributed by atoms with van der Waals surface area (Å²) in [5.41, 5.74) is 3.68. The first-order valence-electron chi connectivity index (χ1n) is 16.6. The molecule has 0 saturated heterocycles. The van der Waals surface area contributed by atoms with Gasteiger partial charge in [0.05, 0.1) is 5.76 Å². The minimum Gasteiger partial charge on any atom is -0.494 e. The van der Waals surface area contributed by atoms with E-state index in [4.69, 9.17) is 9.47 Å². The van der Waals surface area contributed by atoms with E-state index in [1.54, 1.807) is 12.5 Å². The predicted molar refractivity (Wildman–Crippen MR) is 159 cm³/mol. The molecule has 0 spiro atoms.